The van der Waals surface area contributed by atoms with E-state index in [1.54, 1.807) is 49.4 Å². The minimum absolute atomic E-state index is 0.0124. The molecule has 19 heteroatoms. The van der Waals surface area contributed by atoms with Crippen LogP contribution in [0.2, 0.25) is 0 Å². The molecule has 0 bridgehead atoms. The number of carboxylic acids is 1. The molecule has 2 atom stereocenters. The number of carbonyl (C=O) groups excluding carboxylic acids is 6. The Morgan fingerprint density at radius 2 is 1.98 bits per heavy atom. The zero-order chi connectivity index (χ0) is 32.2. The number of carbonyl (C=O) groups is 6. The lowest BCUT2D eigenvalue weighted by Gasteiger charge is -2.50. The van der Waals surface area contributed by atoms with Crippen molar-refractivity contribution in [1.29, 1.82) is 0 Å². The smallest absolute Gasteiger partial charge is 0.347 e. The van der Waals surface area contributed by atoms with Gasteiger partial charge in [0.05, 0.1) is 24.8 Å². The number of esters is 1. The van der Waals surface area contributed by atoms with Crippen molar-refractivity contribution >= 4 is 76.3 Å². The first kappa shape index (κ1) is 32.1. The molecule has 0 radical (unpaired) electrons. The summed E-state index contributed by atoms with van der Waals surface area (Å²) in [5.41, 5.74) is -1.10. The highest BCUT2D eigenvalue weighted by molar-refractivity contribution is 8.00. The Bertz CT molecular complexity index is 1560. The number of amides is 4. The maximum absolute atomic E-state index is 13.3. The van der Waals surface area contributed by atoms with E-state index in [-0.39, 0.29) is 28.8 Å². The van der Waals surface area contributed by atoms with Gasteiger partial charge in [0.1, 0.15) is 22.7 Å². The number of β-lactam (4-membered cyclic amide) rings is 1. The zero-order valence-electron chi connectivity index (χ0n) is 23.9. The van der Waals surface area contributed by atoms with Crippen LogP contribution in [0.5, 0.6) is 0 Å². The summed E-state index contributed by atoms with van der Waals surface area (Å²) in [4.78, 5) is 82.6. The number of anilines is 2. The number of fused-ring (bicyclic) bond motifs is 1. The van der Waals surface area contributed by atoms with E-state index < -0.39 is 53.1 Å². The second-order valence-corrected chi connectivity index (χ2v) is 12.2. The molecule has 4 rings (SSSR count). The van der Waals surface area contributed by atoms with Crippen LogP contribution in [0.3, 0.4) is 0 Å². The highest BCUT2D eigenvalue weighted by atomic mass is 32.2. The van der Waals surface area contributed by atoms with Crippen LogP contribution < -0.4 is 25.7 Å². The number of ether oxygens (including phenoxy) is 1. The maximum atomic E-state index is 13.3. The van der Waals surface area contributed by atoms with Gasteiger partial charge in [-0.05, 0) is 20.8 Å². The summed E-state index contributed by atoms with van der Waals surface area (Å²) in [6.07, 6.45) is 2.55. The molecule has 0 spiro atoms. The molecule has 4 amide bonds. The van der Waals surface area contributed by atoms with E-state index >= 15 is 0 Å². The van der Waals surface area contributed by atoms with Crippen LogP contribution in [-0.2, 0) is 51.9 Å². The summed E-state index contributed by atoms with van der Waals surface area (Å²) < 4.78 is 8.41. The molecule has 0 unspecified atom stereocenters. The van der Waals surface area contributed by atoms with Gasteiger partial charge >= 0.3 is 5.97 Å². The summed E-state index contributed by atoms with van der Waals surface area (Å²) in [5.74, 6) is -3.21. The monoisotopic (exact) mass is 648 g/mol. The topological polar surface area (TPSA) is 217 Å². The van der Waals surface area contributed by atoms with Gasteiger partial charge in [-0.1, -0.05) is 5.16 Å². The molecule has 2 aromatic rings. The Balaban J connectivity index is 1.52. The third-order valence-electron chi connectivity index (χ3n) is 6.13. The van der Waals surface area contributed by atoms with Gasteiger partial charge in [-0.15, -0.1) is 32.5 Å². The summed E-state index contributed by atoms with van der Waals surface area (Å²) in [6, 6.07) is 0.500. The number of hydrogen-bond acceptors (Lipinski definition) is 13. The third kappa shape index (κ3) is 7.05. The standard InChI is InChI=1S/C25H28N8O9S2/c1-25(2,3)42-16(36)8-41-30-17(14-10-44-24(28-14)27-12-35)20(37)29-18-21(38)33-19(23(39)40)13(9-43-22(18)33)7-32-6-5-15(26-11-34)31(32)4/h5-6,10-12,18,22H,7-9H2,1-4H3,(H3,27,28,29,35,37,39,40)/t18-,22-/m1/s1. The minimum atomic E-state index is -1.56. The highest BCUT2D eigenvalue weighted by Gasteiger charge is 2.53. The van der Waals surface area contributed by atoms with Crippen LogP contribution in [0.15, 0.2) is 34.1 Å². The SMILES string of the molecule is Cn1c(NC=O)cc[n+]1CC1=C(C(=O)[O-])N2C(=O)[C@@H](NC(=O)C(=NOCC(=O)OC(C)(C)C)c3csc(NC=O)n3)[C@H]2SC1. The van der Waals surface area contributed by atoms with E-state index in [2.05, 4.69) is 26.1 Å². The molecule has 1 fully saturated rings. The predicted octanol–water partition coefficient (Wildman–Crippen LogP) is -1.93. The van der Waals surface area contributed by atoms with E-state index in [1.165, 1.54) is 17.1 Å². The molecule has 2 aliphatic heterocycles. The van der Waals surface area contributed by atoms with Gasteiger partial charge in [-0.3, -0.25) is 24.1 Å². The van der Waals surface area contributed by atoms with Gasteiger partial charge in [0.15, 0.2) is 29.4 Å². The van der Waals surface area contributed by atoms with Gasteiger partial charge in [0.2, 0.25) is 19.4 Å². The lowest BCUT2D eigenvalue weighted by atomic mass is 10.0. The molecular weight excluding hydrogens is 620 g/mol. The fourth-order valence-electron chi connectivity index (χ4n) is 4.29. The van der Waals surface area contributed by atoms with Crippen molar-refractivity contribution in [3.63, 3.8) is 0 Å². The van der Waals surface area contributed by atoms with Crippen LogP contribution in [0.4, 0.5) is 10.9 Å². The molecule has 17 nitrogen and oxygen atoms in total. The van der Waals surface area contributed by atoms with E-state index in [0.29, 0.717) is 24.2 Å². The van der Waals surface area contributed by atoms with Crippen molar-refractivity contribution in [3.8, 4) is 0 Å². The lowest BCUT2D eigenvalue weighted by molar-refractivity contribution is -0.765. The summed E-state index contributed by atoms with van der Waals surface area (Å²) in [7, 11) is 1.67. The largest absolute Gasteiger partial charge is 0.543 e. The normalized spacial score (nSPS) is 18.1. The number of nitrogens with one attached hydrogen (secondary N) is 3. The summed E-state index contributed by atoms with van der Waals surface area (Å²) >= 11 is 2.23. The van der Waals surface area contributed by atoms with E-state index in [1.807, 2.05) is 0 Å². The molecule has 234 valence electrons. The van der Waals surface area contributed by atoms with E-state index in [4.69, 9.17) is 9.57 Å². The molecule has 3 N–H and O–H groups in total. The highest BCUT2D eigenvalue weighted by Crippen LogP contribution is 2.40. The van der Waals surface area contributed by atoms with Gasteiger partial charge in [-0.2, -0.15) is 0 Å². The summed E-state index contributed by atoms with van der Waals surface area (Å²) in [5, 5.41) is 24.1. The first-order valence-electron chi connectivity index (χ1n) is 12.9. The molecule has 0 saturated carbocycles. The van der Waals surface area contributed by atoms with Crippen molar-refractivity contribution in [2.24, 2.45) is 12.2 Å². The number of nitrogens with zero attached hydrogens (tertiary/aromatic N) is 5. The molecule has 44 heavy (non-hydrogen) atoms. The van der Waals surface area contributed by atoms with Crippen LogP contribution in [-0.4, -0.2) is 86.2 Å². The number of hydrogen-bond donors (Lipinski definition) is 3. The first-order chi connectivity index (χ1) is 20.8. The lowest BCUT2D eigenvalue weighted by Crippen LogP contribution is -2.71. The Kier molecular flexibility index (Phi) is 9.68. The third-order valence-corrected chi connectivity index (χ3v) is 8.24. The fraction of sp³-hybridized carbons (Fsp3) is 0.400. The Morgan fingerprint density at radius 1 is 1.25 bits per heavy atom. The molecule has 0 aromatic carbocycles. The first-order valence-corrected chi connectivity index (χ1v) is 14.8. The zero-order valence-corrected chi connectivity index (χ0v) is 25.5. The average Bonchev–Trinajstić information content (AvgIpc) is 3.55. The van der Waals surface area contributed by atoms with Crippen molar-refractivity contribution in [2.45, 2.75) is 44.3 Å². The van der Waals surface area contributed by atoms with Crippen molar-refractivity contribution in [2.75, 3.05) is 23.0 Å². The van der Waals surface area contributed by atoms with Gasteiger partial charge in [0.25, 0.3) is 11.8 Å². The number of aliphatic carboxylic acids is 1. The van der Waals surface area contributed by atoms with E-state index in [9.17, 15) is 33.9 Å². The fourth-order valence-corrected chi connectivity index (χ4v) is 6.28. The molecule has 1 saturated heterocycles. The molecule has 2 aromatic heterocycles. The van der Waals surface area contributed by atoms with E-state index in [0.717, 1.165) is 16.2 Å². The van der Waals surface area contributed by atoms with Crippen LogP contribution in [0.1, 0.15) is 26.5 Å². The van der Waals surface area contributed by atoms with Crippen LogP contribution in [0, 0.1) is 0 Å². The second-order valence-electron chi connectivity index (χ2n) is 10.3. The molecule has 4 heterocycles. The second kappa shape index (κ2) is 13.2. The van der Waals surface area contributed by atoms with Gasteiger partial charge in [0, 0.05) is 16.7 Å². The van der Waals surface area contributed by atoms with Gasteiger partial charge in [-0.25, -0.2) is 9.78 Å². The summed E-state index contributed by atoms with van der Waals surface area (Å²) in [6.45, 7) is 4.47. The number of thioether (sulfide) groups is 1. The average molecular weight is 649 g/mol. The Hall–Kier alpha value is -4.78. The van der Waals surface area contributed by atoms with Crippen molar-refractivity contribution < 1.29 is 48.1 Å². The van der Waals surface area contributed by atoms with Crippen molar-refractivity contribution in [1.82, 2.24) is 19.9 Å². The van der Waals surface area contributed by atoms with Crippen molar-refractivity contribution in [3.05, 3.63) is 34.6 Å². The number of rotatable bonds is 13. The van der Waals surface area contributed by atoms with Crippen LogP contribution in [0.25, 0.3) is 0 Å². The minimum Gasteiger partial charge on any atom is -0.543 e. The quantitative estimate of drug-likeness (QED) is 0.0543. The molecule has 2 aliphatic rings. The van der Waals surface area contributed by atoms with Crippen LogP contribution >= 0.6 is 23.1 Å². The number of oxime groups is 1. The van der Waals surface area contributed by atoms with Gasteiger partial charge < -0.3 is 35.4 Å². The Morgan fingerprint density at radius 3 is 2.64 bits per heavy atom. The number of carboxylic acid groups (broad SMARTS) is 1. The molecule has 0 aliphatic carbocycles. The number of thiazole rings is 1. The predicted molar refractivity (Wildman–Crippen MR) is 152 cm³/mol. The Labute approximate surface area is 258 Å². The maximum Gasteiger partial charge on any atom is 0.347 e. The molecular formula is C25H28N8O9S2. The number of aromatic nitrogens is 3.